The second kappa shape index (κ2) is 6.40. The minimum atomic E-state index is -1.93. The van der Waals surface area contributed by atoms with Crippen molar-refractivity contribution in [2.45, 2.75) is 12.0 Å². The van der Waals surface area contributed by atoms with Crippen molar-refractivity contribution in [3.05, 3.63) is 58.6 Å². The third-order valence-electron chi connectivity index (χ3n) is 4.71. The largest absolute Gasteiger partial charge is 0.454 e. The molecule has 2 aromatic rings. The number of halogens is 1. The molecule has 0 spiro atoms. The van der Waals surface area contributed by atoms with Gasteiger partial charge in [0.15, 0.2) is 22.9 Å². The molecule has 6 nitrogen and oxygen atoms in total. The molecule has 7 heteroatoms. The van der Waals surface area contributed by atoms with Crippen molar-refractivity contribution in [3.8, 4) is 11.5 Å². The summed E-state index contributed by atoms with van der Waals surface area (Å²) < 4.78 is 10.5. The molecule has 2 heterocycles. The lowest BCUT2D eigenvalue weighted by Gasteiger charge is -2.20. The molecule has 4 rings (SSSR count). The summed E-state index contributed by atoms with van der Waals surface area (Å²) >= 11 is 6.01. The number of hydrogen-bond donors (Lipinski definition) is 1. The number of ether oxygens (including phenoxy) is 2. The van der Waals surface area contributed by atoms with Gasteiger partial charge in [-0.25, -0.2) is 0 Å². The lowest BCUT2D eigenvalue weighted by molar-refractivity contribution is -0.140. The highest BCUT2D eigenvalue weighted by Gasteiger charge is 2.49. The van der Waals surface area contributed by atoms with Gasteiger partial charge in [-0.15, -0.1) is 0 Å². The van der Waals surface area contributed by atoms with Crippen LogP contribution in [0, 0.1) is 0 Å². The predicted octanol–water partition coefficient (Wildman–Crippen LogP) is 2.91. The van der Waals surface area contributed by atoms with Crippen LogP contribution < -0.4 is 14.4 Å². The van der Waals surface area contributed by atoms with Crippen LogP contribution in [0.25, 0.3) is 6.08 Å². The molecule has 0 fully saturated rings. The van der Waals surface area contributed by atoms with Gasteiger partial charge in [0.2, 0.25) is 6.79 Å². The van der Waals surface area contributed by atoms with Crippen LogP contribution >= 0.6 is 11.6 Å². The van der Waals surface area contributed by atoms with Crippen LogP contribution in [0.15, 0.2) is 42.5 Å². The Hall–Kier alpha value is -2.83. The van der Waals surface area contributed by atoms with Crippen molar-refractivity contribution in [1.82, 2.24) is 0 Å². The molecule has 0 saturated carbocycles. The van der Waals surface area contributed by atoms with Crippen molar-refractivity contribution < 1.29 is 24.2 Å². The van der Waals surface area contributed by atoms with Gasteiger partial charge in [-0.3, -0.25) is 9.59 Å². The molecule has 0 aliphatic carbocycles. The highest BCUT2D eigenvalue weighted by molar-refractivity contribution is 6.31. The van der Waals surface area contributed by atoms with Crippen molar-refractivity contribution in [1.29, 1.82) is 0 Å². The summed E-state index contributed by atoms with van der Waals surface area (Å²) in [5.41, 5.74) is -0.296. The Morgan fingerprint density at radius 3 is 2.85 bits per heavy atom. The molecule has 2 aliphatic rings. The van der Waals surface area contributed by atoms with Crippen LogP contribution in [0.1, 0.15) is 17.5 Å². The van der Waals surface area contributed by atoms with Gasteiger partial charge in [-0.2, -0.15) is 0 Å². The maximum Gasteiger partial charge on any atom is 0.263 e. The molecule has 138 valence electrons. The maximum atomic E-state index is 12.6. The van der Waals surface area contributed by atoms with E-state index < -0.39 is 11.5 Å². The molecule has 0 bridgehead atoms. The van der Waals surface area contributed by atoms with E-state index in [1.165, 1.54) is 17.0 Å². The van der Waals surface area contributed by atoms with E-state index in [0.29, 0.717) is 27.8 Å². The van der Waals surface area contributed by atoms with Crippen molar-refractivity contribution in [3.63, 3.8) is 0 Å². The summed E-state index contributed by atoms with van der Waals surface area (Å²) in [6.45, 7) is 0.173. The van der Waals surface area contributed by atoms with E-state index in [0.717, 1.165) is 5.56 Å². The van der Waals surface area contributed by atoms with E-state index in [1.54, 1.807) is 43.5 Å². The Bertz CT molecular complexity index is 986. The highest BCUT2D eigenvalue weighted by atomic mass is 35.5. The van der Waals surface area contributed by atoms with E-state index in [-0.39, 0.29) is 19.0 Å². The lowest BCUT2D eigenvalue weighted by Crippen LogP contribution is -2.40. The Balaban J connectivity index is 1.56. The van der Waals surface area contributed by atoms with Crippen LogP contribution in [0.4, 0.5) is 5.69 Å². The van der Waals surface area contributed by atoms with Crippen molar-refractivity contribution in [2.75, 3.05) is 18.7 Å². The average molecular weight is 386 g/mol. The van der Waals surface area contributed by atoms with Gasteiger partial charge in [-0.1, -0.05) is 23.7 Å². The van der Waals surface area contributed by atoms with Crippen LogP contribution in [0.2, 0.25) is 5.02 Å². The number of benzene rings is 2. The fourth-order valence-corrected chi connectivity index (χ4v) is 3.49. The monoisotopic (exact) mass is 385 g/mol. The number of allylic oxidation sites excluding steroid dienone is 1. The predicted molar refractivity (Wildman–Crippen MR) is 100.0 cm³/mol. The molecular formula is C20H16ClNO5. The first-order valence-corrected chi connectivity index (χ1v) is 8.67. The molecule has 2 aliphatic heterocycles. The molecule has 0 aromatic heterocycles. The summed E-state index contributed by atoms with van der Waals surface area (Å²) in [5.74, 6) is 0.328. The van der Waals surface area contributed by atoms with Gasteiger partial charge in [0.05, 0.1) is 12.1 Å². The lowest BCUT2D eigenvalue weighted by atomic mass is 9.89. The van der Waals surface area contributed by atoms with Gasteiger partial charge in [0.25, 0.3) is 5.91 Å². The second-order valence-corrected chi connectivity index (χ2v) is 6.91. The minimum Gasteiger partial charge on any atom is -0.454 e. The number of ketones is 1. The number of hydrogen-bond acceptors (Lipinski definition) is 5. The number of carbonyl (C=O) groups excluding carboxylic acids is 2. The zero-order valence-corrected chi connectivity index (χ0v) is 15.2. The van der Waals surface area contributed by atoms with E-state index in [1.807, 2.05) is 0 Å². The summed E-state index contributed by atoms with van der Waals surface area (Å²) in [5, 5.41) is 11.3. The standard InChI is InChI=1S/C20H16ClNO5/c1-22-16-6-4-13(21)9-15(16)20(25,19(22)24)10-14(23)5-2-12-3-7-17-18(8-12)27-11-26-17/h2-9,25H,10-11H2,1H3. The normalized spacial score (nSPS) is 20.4. The SMILES string of the molecule is CN1C(=O)C(O)(CC(=O)C=Cc2ccc3c(c2)OCO3)c2cc(Cl)ccc21. The number of anilines is 1. The third-order valence-corrected chi connectivity index (χ3v) is 4.95. The first kappa shape index (κ1) is 17.6. The van der Waals surface area contributed by atoms with Gasteiger partial charge in [-0.05, 0) is 42.0 Å². The van der Waals surface area contributed by atoms with Crippen LogP contribution in [0.5, 0.6) is 11.5 Å². The number of likely N-dealkylation sites (N-methyl/N-ethyl adjacent to an activating group) is 1. The van der Waals surface area contributed by atoms with E-state index in [4.69, 9.17) is 21.1 Å². The molecule has 1 N–H and O–H groups in total. The number of nitrogens with zero attached hydrogens (tertiary/aromatic N) is 1. The van der Waals surface area contributed by atoms with E-state index >= 15 is 0 Å². The quantitative estimate of drug-likeness (QED) is 0.819. The summed E-state index contributed by atoms with van der Waals surface area (Å²) in [6.07, 6.45) is 2.57. The summed E-state index contributed by atoms with van der Waals surface area (Å²) in [7, 11) is 1.56. The van der Waals surface area contributed by atoms with Gasteiger partial charge >= 0.3 is 0 Å². The minimum absolute atomic E-state index is 0.173. The number of rotatable bonds is 4. The summed E-state index contributed by atoms with van der Waals surface area (Å²) in [6, 6.07) is 10.1. The number of amides is 1. The molecule has 2 aromatic carbocycles. The van der Waals surface area contributed by atoms with E-state index in [9.17, 15) is 14.7 Å². The maximum absolute atomic E-state index is 12.6. The number of fused-ring (bicyclic) bond motifs is 2. The summed E-state index contributed by atoms with van der Waals surface area (Å²) in [4.78, 5) is 26.3. The fourth-order valence-electron chi connectivity index (χ4n) is 3.32. The zero-order valence-electron chi connectivity index (χ0n) is 14.4. The third kappa shape index (κ3) is 2.97. The molecule has 1 unspecified atom stereocenters. The first-order chi connectivity index (χ1) is 12.9. The zero-order chi connectivity index (χ0) is 19.2. The number of carbonyl (C=O) groups is 2. The molecule has 1 amide bonds. The van der Waals surface area contributed by atoms with Crippen molar-refractivity contribution >= 4 is 35.1 Å². The van der Waals surface area contributed by atoms with Crippen LogP contribution in [0.3, 0.4) is 0 Å². The Morgan fingerprint density at radius 1 is 1.26 bits per heavy atom. The first-order valence-electron chi connectivity index (χ1n) is 8.29. The van der Waals surface area contributed by atoms with Crippen molar-refractivity contribution in [2.24, 2.45) is 0 Å². The van der Waals surface area contributed by atoms with Crippen LogP contribution in [-0.4, -0.2) is 30.6 Å². The Morgan fingerprint density at radius 2 is 2.04 bits per heavy atom. The molecular weight excluding hydrogens is 370 g/mol. The van der Waals surface area contributed by atoms with Crippen LogP contribution in [-0.2, 0) is 15.2 Å². The van der Waals surface area contributed by atoms with E-state index in [2.05, 4.69) is 0 Å². The smallest absolute Gasteiger partial charge is 0.263 e. The number of aliphatic hydroxyl groups is 1. The van der Waals surface area contributed by atoms with Gasteiger partial charge < -0.3 is 19.5 Å². The fraction of sp³-hybridized carbons (Fsp3) is 0.200. The molecule has 0 saturated heterocycles. The van der Waals surface area contributed by atoms with Gasteiger partial charge in [0.1, 0.15) is 0 Å². The second-order valence-electron chi connectivity index (χ2n) is 6.48. The molecule has 1 atom stereocenters. The average Bonchev–Trinajstić information content (AvgIpc) is 3.18. The molecule has 0 radical (unpaired) electrons. The topological polar surface area (TPSA) is 76.1 Å². The van der Waals surface area contributed by atoms with Gasteiger partial charge in [0, 0.05) is 17.6 Å². The Kier molecular flexibility index (Phi) is 4.17. The highest BCUT2D eigenvalue weighted by Crippen LogP contribution is 2.43. The molecule has 27 heavy (non-hydrogen) atoms. The Labute approximate surface area is 160 Å².